The van der Waals surface area contributed by atoms with Crippen molar-refractivity contribution in [3.05, 3.63) is 69.8 Å². The van der Waals surface area contributed by atoms with Gasteiger partial charge < -0.3 is 9.72 Å². The van der Waals surface area contributed by atoms with Crippen molar-refractivity contribution >= 4 is 0 Å². The number of nitrogens with zero attached hydrogens (tertiary/aromatic N) is 4. The number of pyridine rings is 2. The van der Waals surface area contributed by atoms with Crippen LogP contribution in [0.25, 0.3) is 11.4 Å². The van der Waals surface area contributed by atoms with E-state index in [0.717, 1.165) is 17.5 Å². The van der Waals surface area contributed by atoms with Gasteiger partial charge in [-0.3, -0.25) is 14.7 Å². The number of fused-ring (bicyclic) bond motifs is 1. The lowest BCUT2D eigenvalue weighted by Gasteiger charge is -2.28. The predicted molar refractivity (Wildman–Crippen MR) is 96.7 cm³/mol. The zero-order valence-electron chi connectivity index (χ0n) is 14.8. The topological polar surface area (TPSA) is 84.0 Å². The zero-order chi connectivity index (χ0) is 18.8. The smallest absolute Gasteiger partial charge is 0.255 e. The normalized spacial score (nSPS) is 14.0. The third kappa shape index (κ3) is 3.56. The van der Waals surface area contributed by atoms with Crippen LogP contribution in [0.4, 0.5) is 4.39 Å². The molecule has 27 heavy (non-hydrogen) atoms. The van der Waals surface area contributed by atoms with Crippen LogP contribution in [0, 0.1) is 5.82 Å². The molecule has 3 aromatic heterocycles. The van der Waals surface area contributed by atoms with Crippen LogP contribution in [0.3, 0.4) is 0 Å². The van der Waals surface area contributed by atoms with Crippen LogP contribution in [0.2, 0.25) is 0 Å². The molecular weight excluding hydrogens is 349 g/mol. The molecule has 3 aromatic rings. The first kappa shape index (κ1) is 17.3. The number of aromatic nitrogens is 4. The summed E-state index contributed by atoms with van der Waals surface area (Å²) in [6.07, 6.45) is 5.10. The molecular formula is C19H18FN5O2. The Labute approximate surface area is 154 Å². The Hall–Kier alpha value is -3.13. The molecule has 1 aliphatic heterocycles. The summed E-state index contributed by atoms with van der Waals surface area (Å²) in [6, 6.07) is 5.03. The number of methoxy groups -OCH3 is 1. The summed E-state index contributed by atoms with van der Waals surface area (Å²) >= 11 is 0. The van der Waals surface area contributed by atoms with Crippen LogP contribution in [-0.2, 0) is 19.5 Å². The molecule has 0 spiro atoms. The van der Waals surface area contributed by atoms with E-state index in [1.807, 2.05) is 12.1 Å². The Balaban J connectivity index is 1.59. The molecule has 0 unspecified atom stereocenters. The highest BCUT2D eigenvalue weighted by Gasteiger charge is 2.22. The molecule has 0 aromatic carbocycles. The number of hydrogen-bond donors (Lipinski definition) is 1. The summed E-state index contributed by atoms with van der Waals surface area (Å²) < 4.78 is 18.8. The van der Waals surface area contributed by atoms with E-state index in [4.69, 9.17) is 4.74 Å². The fourth-order valence-electron chi connectivity index (χ4n) is 3.27. The quantitative estimate of drug-likeness (QED) is 0.759. The van der Waals surface area contributed by atoms with Crippen molar-refractivity contribution in [3.8, 4) is 17.3 Å². The van der Waals surface area contributed by atoms with Crippen molar-refractivity contribution in [1.82, 2.24) is 24.8 Å². The highest BCUT2D eigenvalue weighted by molar-refractivity contribution is 5.54. The largest absolute Gasteiger partial charge is 0.481 e. The van der Waals surface area contributed by atoms with E-state index in [1.165, 1.54) is 13.2 Å². The summed E-state index contributed by atoms with van der Waals surface area (Å²) in [4.78, 5) is 30.1. The fraction of sp³-hybridized carbons (Fsp3) is 0.263. The number of halogens is 1. The Kier molecular flexibility index (Phi) is 4.64. The number of rotatable bonds is 4. The monoisotopic (exact) mass is 367 g/mol. The lowest BCUT2D eigenvalue weighted by Crippen LogP contribution is -2.35. The predicted octanol–water partition coefficient (Wildman–Crippen LogP) is 1.93. The number of aromatic amines is 1. The number of ether oxygens (including phenoxy) is 1. The molecule has 8 heteroatoms. The summed E-state index contributed by atoms with van der Waals surface area (Å²) in [7, 11) is 1.50. The molecule has 4 heterocycles. The van der Waals surface area contributed by atoms with Gasteiger partial charge in [-0.2, -0.15) is 0 Å². The van der Waals surface area contributed by atoms with Gasteiger partial charge in [0.05, 0.1) is 24.6 Å². The highest BCUT2D eigenvalue weighted by Crippen LogP contribution is 2.22. The SMILES string of the molecule is COc1ncc(F)cc1CN1CCc2nc(-c3ccncc3)[nH]c(=O)c2C1. The molecule has 0 saturated carbocycles. The summed E-state index contributed by atoms with van der Waals surface area (Å²) in [5.74, 6) is 0.526. The molecule has 0 aliphatic carbocycles. The van der Waals surface area contributed by atoms with Crippen molar-refractivity contribution in [3.63, 3.8) is 0 Å². The molecule has 1 N–H and O–H groups in total. The van der Waals surface area contributed by atoms with Crippen LogP contribution >= 0.6 is 0 Å². The third-order valence-electron chi connectivity index (χ3n) is 4.58. The van der Waals surface area contributed by atoms with Gasteiger partial charge >= 0.3 is 0 Å². The average molecular weight is 367 g/mol. The second kappa shape index (κ2) is 7.24. The molecule has 7 nitrogen and oxygen atoms in total. The van der Waals surface area contributed by atoms with E-state index in [9.17, 15) is 9.18 Å². The molecule has 138 valence electrons. The Bertz CT molecular complexity index is 1020. The maximum Gasteiger partial charge on any atom is 0.255 e. The first-order valence-corrected chi connectivity index (χ1v) is 8.57. The van der Waals surface area contributed by atoms with Crippen molar-refractivity contribution in [1.29, 1.82) is 0 Å². The molecule has 0 fully saturated rings. The molecule has 0 bridgehead atoms. The Morgan fingerprint density at radius 2 is 2.15 bits per heavy atom. The van der Waals surface area contributed by atoms with E-state index >= 15 is 0 Å². The molecule has 0 atom stereocenters. The lowest BCUT2D eigenvalue weighted by molar-refractivity contribution is 0.236. The van der Waals surface area contributed by atoms with Gasteiger partial charge in [0.15, 0.2) is 0 Å². The van der Waals surface area contributed by atoms with Gasteiger partial charge in [0.1, 0.15) is 11.6 Å². The minimum absolute atomic E-state index is 0.152. The average Bonchev–Trinajstić information content (AvgIpc) is 2.69. The minimum atomic E-state index is -0.412. The van der Waals surface area contributed by atoms with E-state index < -0.39 is 5.82 Å². The van der Waals surface area contributed by atoms with Gasteiger partial charge in [0.2, 0.25) is 5.88 Å². The van der Waals surface area contributed by atoms with Crippen LogP contribution in [0.1, 0.15) is 16.8 Å². The van der Waals surface area contributed by atoms with Crippen LogP contribution in [0.5, 0.6) is 5.88 Å². The van der Waals surface area contributed by atoms with Gasteiger partial charge in [0.25, 0.3) is 5.56 Å². The van der Waals surface area contributed by atoms with Gasteiger partial charge in [0, 0.05) is 49.6 Å². The molecule has 4 rings (SSSR count). The zero-order valence-corrected chi connectivity index (χ0v) is 14.8. The first-order valence-electron chi connectivity index (χ1n) is 8.57. The van der Waals surface area contributed by atoms with Crippen molar-refractivity contribution in [2.75, 3.05) is 13.7 Å². The summed E-state index contributed by atoms with van der Waals surface area (Å²) in [5, 5.41) is 0. The van der Waals surface area contributed by atoms with Crippen molar-refractivity contribution < 1.29 is 9.13 Å². The van der Waals surface area contributed by atoms with E-state index in [2.05, 4.69) is 24.8 Å². The standard InChI is InChI=1S/C19H18FN5O2/c1-27-19-13(8-14(20)9-22-19)10-25-7-4-16-15(11-25)18(26)24-17(23-16)12-2-5-21-6-3-12/h2-3,5-6,8-9H,4,7,10-11H2,1H3,(H,23,24,26). The Morgan fingerprint density at radius 3 is 2.93 bits per heavy atom. The van der Waals surface area contributed by atoms with Gasteiger partial charge in [-0.05, 0) is 18.2 Å². The number of hydrogen-bond acceptors (Lipinski definition) is 6. The van der Waals surface area contributed by atoms with Crippen LogP contribution in [-0.4, -0.2) is 38.5 Å². The van der Waals surface area contributed by atoms with E-state index in [1.54, 1.807) is 12.4 Å². The van der Waals surface area contributed by atoms with E-state index in [0.29, 0.717) is 48.9 Å². The molecule has 0 saturated heterocycles. The maximum atomic E-state index is 13.5. The fourth-order valence-corrected chi connectivity index (χ4v) is 3.27. The molecule has 0 radical (unpaired) electrons. The number of H-pyrrole nitrogens is 1. The van der Waals surface area contributed by atoms with E-state index in [-0.39, 0.29) is 5.56 Å². The van der Waals surface area contributed by atoms with Crippen LogP contribution < -0.4 is 10.3 Å². The first-order chi connectivity index (χ1) is 13.1. The van der Waals surface area contributed by atoms with Gasteiger partial charge in [-0.15, -0.1) is 0 Å². The lowest BCUT2D eigenvalue weighted by atomic mass is 10.1. The molecule has 1 aliphatic rings. The molecule has 0 amide bonds. The second-order valence-corrected chi connectivity index (χ2v) is 6.36. The number of nitrogens with one attached hydrogen (secondary N) is 1. The van der Waals surface area contributed by atoms with Crippen molar-refractivity contribution in [2.24, 2.45) is 0 Å². The summed E-state index contributed by atoms with van der Waals surface area (Å²) in [5.41, 5.74) is 2.76. The Morgan fingerprint density at radius 1 is 1.33 bits per heavy atom. The maximum absolute atomic E-state index is 13.5. The van der Waals surface area contributed by atoms with Gasteiger partial charge in [-0.25, -0.2) is 14.4 Å². The minimum Gasteiger partial charge on any atom is -0.481 e. The third-order valence-corrected chi connectivity index (χ3v) is 4.58. The van der Waals surface area contributed by atoms with Crippen LogP contribution in [0.15, 0.2) is 41.6 Å². The highest BCUT2D eigenvalue weighted by atomic mass is 19.1. The van der Waals surface area contributed by atoms with Crippen molar-refractivity contribution in [2.45, 2.75) is 19.5 Å². The summed E-state index contributed by atoms with van der Waals surface area (Å²) in [6.45, 7) is 1.59. The van der Waals surface area contributed by atoms with Gasteiger partial charge in [-0.1, -0.05) is 0 Å². The second-order valence-electron chi connectivity index (χ2n) is 6.36.